The van der Waals surface area contributed by atoms with Crippen LogP contribution in [-0.2, 0) is 0 Å². The molecule has 1 fully saturated rings. The van der Waals surface area contributed by atoms with Gasteiger partial charge in [-0.05, 0) is 64.7 Å². The van der Waals surface area contributed by atoms with Gasteiger partial charge in [0.2, 0.25) is 0 Å². The molecule has 1 aromatic heterocycles. The van der Waals surface area contributed by atoms with E-state index < -0.39 is 0 Å². The minimum Gasteiger partial charge on any atom is -0.370 e. The predicted molar refractivity (Wildman–Crippen MR) is 121 cm³/mol. The number of nitrogens with two attached hydrogens (primary N) is 1. The fraction of sp³-hybridized carbons (Fsp3) is 0.167. The molecule has 1 aliphatic rings. The zero-order valence-corrected chi connectivity index (χ0v) is 16.6. The summed E-state index contributed by atoms with van der Waals surface area (Å²) in [7, 11) is 0. The molecule has 6 heteroatoms. The average Bonchev–Trinajstić information content (AvgIpc) is 2.78. The van der Waals surface area contributed by atoms with Gasteiger partial charge in [-0.15, -0.1) is 0 Å². The smallest absolute Gasteiger partial charge is 0.188 e. The van der Waals surface area contributed by atoms with Gasteiger partial charge in [-0.1, -0.05) is 24.3 Å². The van der Waals surface area contributed by atoms with Gasteiger partial charge in [0, 0.05) is 44.3 Å². The van der Waals surface area contributed by atoms with E-state index in [2.05, 4.69) is 34.1 Å². The van der Waals surface area contributed by atoms with Crippen LogP contribution in [0.3, 0.4) is 0 Å². The first-order chi connectivity index (χ1) is 14.6. The number of halogens is 1. The topological polar surface area (TPSA) is 69.2 Å². The van der Waals surface area contributed by atoms with Gasteiger partial charge in [-0.3, -0.25) is 10.4 Å². The molecule has 4 rings (SSSR count). The second-order valence-electron chi connectivity index (χ2n) is 7.29. The van der Waals surface area contributed by atoms with Crippen molar-refractivity contribution < 1.29 is 4.39 Å². The lowest BCUT2D eigenvalue weighted by atomic mass is 10.0. The van der Waals surface area contributed by atoms with Crippen LogP contribution in [0.1, 0.15) is 11.1 Å². The normalized spacial score (nSPS) is 14.3. The Kier molecular flexibility index (Phi) is 5.75. The molecular weight excluding hydrogens is 377 g/mol. The van der Waals surface area contributed by atoms with Crippen LogP contribution in [0.15, 0.2) is 67.0 Å². The molecule has 0 atom stereocenters. The summed E-state index contributed by atoms with van der Waals surface area (Å²) in [6.45, 7) is 3.21. The zero-order valence-electron chi connectivity index (χ0n) is 16.6. The second-order valence-corrected chi connectivity index (χ2v) is 7.29. The highest BCUT2D eigenvalue weighted by Crippen LogP contribution is 2.23. The molecule has 0 saturated carbocycles. The maximum Gasteiger partial charge on any atom is 0.188 e. The summed E-state index contributed by atoms with van der Waals surface area (Å²) < 4.78 is 14.1. The Hall–Kier alpha value is -3.67. The Morgan fingerprint density at radius 2 is 1.53 bits per heavy atom. The number of anilines is 1. The van der Waals surface area contributed by atoms with Crippen molar-refractivity contribution in [2.45, 2.75) is 0 Å². The maximum absolute atomic E-state index is 14.1. The van der Waals surface area contributed by atoms with E-state index >= 15 is 0 Å². The van der Waals surface area contributed by atoms with Gasteiger partial charge in [-0.2, -0.15) is 0 Å². The fourth-order valence-electron chi connectivity index (χ4n) is 3.61. The molecule has 5 nitrogen and oxygen atoms in total. The molecule has 0 radical (unpaired) electrons. The van der Waals surface area contributed by atoms with Crippen molar-refractivity contribution in [3.05, 3.63) is 83.9 Å². The van der Waals surface area contributed by atoms with E-state index in [1.165, 1.54) is 12.1 Å². The third kappa shape index (κ3) is 4.66. The van der Waals surface area contributed by atoms with Crippen LogP contribution >= 0.6 is 0 Å². The number of nitrogens with one attached hydrogen (secondary N) is 1. The lowest BCUT2D eigenvalue weighted by molar-refractivity contribution is 0.380. The monoisotopic (exact) mass is 401 g/mol. The van der Waals surface area contributed by atoms with Gasteiger partial charge in [-0.25, -0.2) is 4.39 Å². The van der Waals surface area contributed by atoms with Crippen LogP contribution in [0.25, 0.3) is 23.3 Å². The molecule has 3 aromatic rings. The summed E-state index contributed by atoms with van der Waals surface area (Å²) in [4.78, 5) is 8.19. The number of guanidine groups is 1. The summed E-state index contributed by atoms with van der Waals surface area (Å²) >= 11 is 0. The molecule has 0 aliphatic carbocycles. The van der Waals surface area contributed by atoms with Gasteiger partial charge < -0.3 is 15.5 Å². The third-order valence-corrected chi connectivity index (χ3v) is 5.28. The van der Waals surface area contributed by atoms with E-state index in [-0.39, 0.29) is 11.8 Å². The SMILES string of the molecule is N=C(N)N1CCN(c2ccc(C=Cc3cc(F)cc(-c4ccncc4)c3)cc2)CC1. The molecule has 1 saturated heterocycles. The Labute approximate surface area is 175 Å². The van der Waals surface area contributed by atoms with E-state index in [9.17, 15) is 4.39 Å². The molecule has 2 aromatic carbocycles. The van der Waals surface area contributed by atoms with Crippen LogP contribution in [0, 0.1) is 11.2 Å². The number of nitrogens with zero attached hydrogens (tertiary/aromatic N) is 3. The highest BCUT2D eigenvalue weighted by Gasteiger charge is 2.17. The van der Waals surface area contributed by atoms with Crippen molar-refractivity contribution in [3.8, 4) is 11.1 Å². The lowest BCUT2D eigenvalue weighted by Crippen LogP contribution is -2.50. The fourth-order valence-corrected chi connectivity index (χ4v) is 3.61. The quantitative estimate of drug-likeness (QED) is 0.393. The second kappa shape index (κ2) is 8.78. The van der Waals surface area contributed by atoms with Gasteiger partial charge in [0.1, 0.15) is 5.82 Å². The van der Waals surface area contributed by atoms with Crippen molar-refractivity contribution in [1.29, 1.82) is 5.41 Å². The van der Waals surface area contributed by atoms with Crippen LogP contribution in [0.5, 0.6) is 0 Å². The van der Waals surface area contributed by atoms with Gasteiger partial charge >= 0.3 is 0 Å². The first kappa shape index (κ1) is 19.6. The maximum atomic E-state index is 14.1. The van der Waals surface area contributed by atoms with Crippen molar-refractivity contribution >= 4 is 23.8 Å². The molecule has 0 amide bonds. The largest absolute Gasteiger partial charge is 0.370 e. The van der Waals surface area contributed by atoms with E-state index in [0.717, 1.165) is 54.1 Å². The number of benzene rings is 2. The number of piperazine rings is 1. The van der Waals surface area contributed by atoms with E-state index in [1.807, 2.05) is 35.3 Å². The Balaban J connectivity index is 1.45. The standard InChI is InChI=1S/C24H24FN5/c25-22-16-19(15-21(17-22)20-7-9-28-10-8-20)2-1-18-3-5-23(6-4-18)29-11-13-30(14-12-29)24(26)27/h1-10,15-17H,11-14H2,(H3,26,27). The summed E-state index contributed by atoms with van der Waals surface area (Å²) in [6.07, 6.45) is 7.32. The third-order valence-electron chi connectivity index (χ3n) is 5.28. The summed E-state index contributed by atoms with van der Waals surface area (Å²) in [6, 6.07) is 17.1. The van der Waals surface area contributed by atoms with Gasteiger partial charge in [0.15, 0.2) is 5.96 Å². The molecule has 30 heavy (non-hydrogen) atoms. The first-order valence-electron chi connectivity index (χ1n) is 9.91. The van der Waals surface area contributed by atoms with Crippen LogP contribution < -0.4 is 10.6 Å². The molecule has 0 bridgehead atoms. The number of pyridine rings is 1. The van der Waals surface area contributed by atoms with Crippen LogP contribution in [0.2, 0.25) is 0 Å². The van der Waals surface area contributed by atoms with E-state index in [0.29, 0.717) is 0 Å². The van der Waals surface area contributed by atoms with Crippen molar-refractivity contribution in [2.24, 2.45) is 5.73 Å². The minimum absolute atomic E-state index is 0.138. The number of rotatable bonds is 4. The summed E-state index contributed by atoms with van der Waals surface area (Å²) in [5.41, 5.74) is 10.3. The molecule has 152 valence electrons. The zero-order chi connectivity index (χ0) is 20.9. The highest BCUT2D eigenvalue weighted by molar-refractivity contribution is 5.75. The lowest BCUT2D eigenvalue weighted by Gasteiger charge is -2.36. The Morgan fingerprint density at radius 3 is 2.20 bits per heavy atom. The molecule has 2 heterocycles. The molecule has 1 aliphatic heterocycles. The highest BCUT2D eigenvalue weighted by atomic mass is 19.1. The number of aromatic nitrogens is 1. The molecule has 3 N–H and O–H groups in total. The summed E-state index contributed by atoms with van der Waals surface area (Å²) in [5.74, 6) is -0.122. The first-order valence-corrected chi connectivity index (χ1v) is 9.91. The minimum atomic E-state index is -0.260. The number of hydrogen-bond acceptors (Lipinski definition) is 3. The van der Waals surface area contributed by atoms with Gasteiger partial charge in [0.05, 0.1) is 0 Å². The van der Waals surface area contributed by atoms with Gasteiger partial charge in [0.25, 0.3) is 0 Å². The van der Waals surface area contributed by atoms with E-state index in [1.54, 1.807) is 12.4 Å². The summed E-state index contributed by atoms with van der Waals surface area (Å²) in [5, 5.41) is 7.53. The van der Waals surface area contributed by atoms with Crippen molar-refractivity contribution in [3.63, 3.8) is 0 Å². The van der Waals surface area contributed by atoms with Crippen molar-refractivity contribution in [2.75, 3.05) is 31.1 Å². The van der Waals surface area contributed by atoms with Crippen LogP contribution in [-0.4, -0.2) is 42.0 Å². The Bertz CT molecular complexity index is 1040. The number of hydrogen-bond donors (Lipinski definition) is 2. The molecular formula is C24H24FN5. The van der Waals surface area contributed by atoms with Crippen molar-refractivity contribution in [1.82, 2.24) is 9.88 Å². The van der Waals surface area contributed by atoms with Crippen LogP contribution in [0.4, 0.5) is 10.1 Å². The Morgan fingerprint density at radius 1 is 0.867 bits per heavy atom. The molecule has 0 unspecified atom stereocenters. The predicted octanol–water partition coefficient (Wildman–Crippen LogP) is 4.07. The molecule has 0 spiro atoms. The average molecular weight is 401 g/mol. The van der Waals surface area contributed by atoms with E-state index in [4.69, 9.17) is 11.1 Å².